The number of halogens is 1. The molecule has 0 aliphatic carbocycles. The summed E-state index contributed by atoms with van der Waals surface area (Å²) in [5, 5.41) is 4.38. The fourth-order valence-corrected chi connectivity index (χ4v) is 2.90. The van der Waals surface area contributed by atoms with Gasteiger partial charge in [0.05, 0.1) is 17.7 Å². The zero-order valence-electron chi connectivity index (χ0n) is 15.7. The first-order valence-corrected chi connectivity index (χ1v) is 9.50. The number of nitrogens with one attached hydrogen (secondary N) is 2. The van der Waals surface area contributed by atoms with E-state index in [-0.39, 0.29) is 25.9 Å². The highest BCUT2D eigenvalue weighted by Crippen LogP contribution is 2.26. The summed E-state index contributed by atoms with van der Waals surface area (Å²) in [6, 6.07) is 4.10. The van der Waals surface area contributed by atoms with Gasteiger partial charge in [-0.3, -0.25) is 29.4 Å². The van der Waals surface area contributed by atoms with Crippen LogP contribution in [-0.4, -0.2) is 68.0 Å². The Bertz CT molecular complexity index is 828. The van der Waals surface area contributed by atoms with Crippen molar-refractivity contribution < 1.29 is 33.4 Å². The molecule has 1 aliphatic rings. The zero-order valence-corrected chi connectivity index (χ0v) is 17.2. The van der Waals surface area contributed by atoms with Gasteiger partial charge < -0.3 is 14.8 Å². The number of rotatable bonds is 9. The number of fused-ring (bicyclic) bond motifs is 1. The van der Waals surface area contributed by atoms with E-state index in [0.717, 1.165) is 4.90 Å². The van der Waals surface area contributed by atoms with E-state index in [4.69, 9.17) is 9.47 Å². The van der Waals surface area contributed by atoms with Gasteiger partial charge in [0.25, 0.3) is 17.7 Å². The maximum absolute atomic E-state index is 12.3. The molecule has 0 bridgehead atoms. The molecule has 0 unspecified atom stereocenters. The number of hydrogen-bond acceptors (Lipinski definition) is 7. The van der Waals surface area contributed by atoms with Gasteiger partial charge in [-0.1, -0.05) is 15.9 Å². The van der Waals surface area contributed by atoms with Gasteiger partial charge in [-0.05, 0) is 24.6 Å². The van der Waals surface area contributed by atoms with Gasteiger partial charge in [0, 0.05) is 31.1 Å². The van der Waals surface area contributed by atoms with Crippen molar-refractivity contribution in [3.8, 4) is 0 Å². The smallest absolute Gasteiger partial charge is 0.321 e. The molecule has 1 aliphatic heterocycles. The second-order valence-electron chi connectivity index (χ2n) is 6.01. The first-order chi connectivity index (χ1) is 13.8. The Labute approximate surface area is 175 Å². The van der Waals surface area contributed by atoms with Crippen molar-refractivity contribution in [1.29, 1.82) is 0 Å². The Kier molecular flexibility index (Phi) is 8.28. The van der Waals surface area contributed by atoms with E-state index in [1.54, 1.807) is 18.2 Å². The number of amides is 5. The van der Waals surface area contributed by atoms with E-state index in [9.17, 15) is 24.0 Å². The van der Waals surface area contributed by atoms with Crippen molar-refractivity contribution in [2.45, 2.75) is 12.8 Å². The molecule has 0 radical (unpaired) electrons. The molecular weight excluding hydrogens is 450 g/mol. The molecule has 5 amide bonds. The summed E-state index contributed by atoms with van der Waals surface area (Å²) < 4.78 is 10.2. The standard InChI is InChI=1S/C18H20BrN3O7/c1-28-8-6-20-18(27)21-14(23)10-29-15(24)3-2-7-22-16(25)12-5-4-11(19)9-13(12)17(22)26/h4-5,9H,2-3,6-8,10H2,1H3,(H2,20,21,23,27). The number of esters is 1. The Morgan fingerprint density at radius 3 is 2.59 bits per heavy atom. The predicted octanol–water partition coefficient (Wildman–Crippen LogP) is 0.841. The number of urea groups is 1. The fourth-order valence-electron chi connectivity index (χ4n) is 2.54. The number of imide groups is 2. The van der Waals surface area contributed by atoms with Crippen LogP contribution in [0.25, 0.3) is 0 Å². The van der Waals surface area contributed by atoms with Crippen molar-refractivity contribution in [3.05, 3.63) is 33.8 Å². The molecule has 0 spiro atoms. The minimum Gasteiger partial charge on any atom is -0.456 e. The van der Waals surface area contributed by atoms with Gasteiger partial charge >= 0.3 is 12.0 Å². The predicted molar refractivity (Wildman–Crippen MR) is 103 cm³/mol. The lowest BCUT2D eigenvalue weighted by Crippen LogP contribution is -2.42. The molecule has 29 heavy (non-hydrogen) atoms. The Hall–Kier alpha value is -2.79. The van der Waals surface area contributed by atoms with Crippen molar-refractivity contribution >= 4 is 45.7 Å². The van der Waals surface area contributed by atoms with E-state index in [1.165, 1.54) is 7.11 Å². The number of methoxy groups -OCH3 is 1. The molecule has 0 fully saturated rings. The monoisotopic (exact) mass is 469 g/mol. The van der Waals surface area contributed by atoms with Crippen LogP contribution in [0.1, 0.15) is 33.6 Å². The third-order valence-corrected chi connectivity index (χ3v) is 4.40. The lowest BCUT2D eigenvalue weighted by atomic mass is 10.1. The number of hydrogen-bond donors (Lipinski definition) is 2. The molecule has 0 saturated carbocycles. The Balaban J connectivity index is 1.69. The van der Waals surface area contributed by atoms with Crippen LogP contribution >= 0.6 is 15.9 Å². The maximum atomic E-state index is 12.3. The first-order valence-electron chi connectivity index (χ1n) is 8.71. The van der Waals surface area contributed by atoms with Gasteiger partial charge in [0.1, 0.15) is 0 Å². The van der Waals surface area contributed by atoms with Crippen LogP contribution in [0.5, 0.6) is 0 Å². The van der Waals surface area contributed by atoms with Crippen LogP contribution in [0.15, 0.2) is 22.7 Å². The lowest BCUT2D eigenvalue weighted by molar-refractivity contribution is -0.148. The van der Waals surface area contributed by atoms with Crippen molar-refractivity contribution in [2.75, 3.05) is 33.4 Å². The number of carbonyl (C=O) groups is 5. The van der Waals surface area contributed by atoms with Gasteiger partial charge in [-0.25, -0.2) is 4.79 Å². The molecular formula is C18H20BrN3O7. The summed E-state index contributed by atoms with van der Waals surface area (Å²) in [6.45, 7) is -0.0458. The largest absolute Gasteiger partial charge is 0.456 e. The van der Waals surface area contributed by atoms with E-state index >= 15 is 0 Å². The molecule has 0 saturated heterocycles. The molecule has 2 rings (SSSR count). The summed E-state index contributed by atoms with van der Waals surface area (Å²) in [5.41, 5.74) is 0.633. The number of ether oxygens (including phenoxy) is 2. The molecule has 1 aromatic rings. The third-order valence-electron chi connectivity index (χ3n) is 3.90. The normalized spacial score (nSPS) is 12.6. The fraction of sp³-hybridized carbons (Fsp3) is 0.389. The Morgan fingerprint density at radius 1 is 1.14 bits per heavy atom. The maximum Gasteiger partial charge on any atom is 0.321 e. The topological polar surface area (TPSA) is 131 Å². The van der Waals surface area contributed by atoms with Crippen molar-refractivity contribution in [1.82, 2.24) is 15.5 Å². The minimum absolute atomic E-state index is 0.0488. The molecule has 0 atom stereocenters. The summed E-state index contributed by atoms with van der Waals surface area (Å²) in [4.78, 5) is 60.3. The molecule has 1 heterocycles. The summed E-state index contributed by atoms with van der Waals surface area (Å²) in [6.07, 6.45) is 0.0923. The van der Waals surface area contributed by atoms with Gasteiger partial charge in [0.15, 0.2) is 6.61 Å². The number of carbonyl (C=O) groups excluding carboxylic acids is 5. The van der Waals surface area contributed by atoms with Crippen LogP contribution in [0.2, 0.25) is 0 Å². The number of benzene rings is 1. The third kappa shape index (κ3) is 6.36. The number of nitrogens with zero attached hydrogens (tertiary/aromatic N) is 1. The highest BCUT2D eigenvalue weighted by Gasteiger charge is 2.35. The minimum atomic E-state index is -0.779. The molecule has 1 aromatic carbocycles. The second kappa shape index (κ2) is 10.7. The quantitative estimate of drug-likeness (QED) is 0.311. The lowest BCUT2D eigenvalue weighted by Gasteiger charge is -2.13. The molecule has 156 valence electrons. The van der Waals surface area contributed by atoms with Crippen molar-refractivity contribution in [2.24, 2.45) is 0 Å². The highest BCUT2D eigenvalue weighted by molar-refractivity contribution is 9.10. The van der Waals surface area contributed by atoms with Crippen LogP contribution in [-0.2, 0) is 19.1 Å². The van der Waals surface area contributed by atoms with E-state index in [0.29, 0.717) is 22.2 Å². The summed E-state index contributed by atoms with van der Waals surface area (Å²) >= 11 is 3.26. The summed E-state index contributed by atoms with van der Waals surface area (Å²) in [5.74, 6) is -2.29. The second-order valence-corrected chi connectivity index (χ2v) is 6.93. The van der Waals surface area contributed by atoms with Gasteiger partial charge in [0.2, 0.25) is 0 Å². The Morgan fingerprint density at radius 2 is 1.86 bits per heavy atom. The van der Waals surface area contributed by atoms with Crippen LogP contribution in [0.4, 0.5) is 4.79 Å². The molecule has 10 nitrogen and oxygen atoms in total. The average Bonchev–Trinajstić information content (AvgIpc) is 2.90. The molecule has 0 aromatic heterocycles. The molecule has 2 N–H and O–H groups in total. The van der Waals surface area contributed by atoms with Crippen molar-refractivity contribution in [3.63, 3.8) is 0 Å². The van der Waals surface area contributed by atoms with E-state index in [2.05, 4.69) is 21.2 Å². The van der Waals surface area contributed by atoms with Gasteiger partial charge in [-0.2, -0.15) is 0 Å². The molecule has 11 heteroatoms. The summed E-state index contributed by atoms with van der Waals surface area (Å²) in [7, 11) is 1.47. The van der Waals surface area contributed by atoms with E-state index < -0.39 is 36.3 Å². The first kappa shape index (κ1) is 22.5. The van der Waals surface area contributed by atoms with Crippen LogP contribution in [0.3, 0.4) is 0 Å². The SMILES string of the molecule is COCCNC(=O)NC(=O)COC(=O)CCCN1C(=O)c2ccc(Br)cc2C1=O. The van der Waals surface area contributed by atoms with Crippen LogP contribution in [0, 0.1) is 0 Å². The average molecular weight is 470 g/mol. The van der Waals surface area contributed by atoms with Gasteiger partial charge in [-0.15, -0.1) is 0 Å². The zero-order chi connectivity index (χ0) is 21.4. The van der Waals surface area contributed by atoms with Crippen LogP contribution < -0.4 is 10.6 Å². The highest BCUT2D eigenvalue weighted by atomic mass is 79.9. The van der Waals surface area contributed by atoms with E-state index in [1.807, 2.05) is 5.32 Å².